The van der Waals surface area contributed by atoms with Crippen molar-refractivity contribution in [2.45, 2.75) is 6.92 Å². The van der Waals surface area contributed by atoms with Gasteiger partial charge in [-0.25, -0.2) is 4.79 Å². The second-order valence-electron chi connectivity index (χ2n) is 4.30. The fourth-order valence-electron chi connectivity index (χ4n) is 1.77. The maximum Gasteiger partial charge on any atom is 0.323 e. The van der Waals surface area contributed by atoms with Crippen LogP contribution < -0.4 is 15.4 Å². The van der Waals surface area contributed by atoms with Crippen molar-refractivity contribution in [3.8, 4) is 11.5 Å². The van der Waals surface area contributed by atoms with Gasteiger partial charge in [-0.3, -0.25) is 0 Å². The third-order valence-electron chi connectivity index (χ3n) is 2.76. The van der Waals surface area contributed by atoms with Crippen LogP contribution in [0.15, 0.2) is 42.5 Å². The number of urea groups is 1. The van der Waals surface area contributed by atoms with Crippen LogP contribution in [0.3, 0.4) is 0 Å². The van der Waals surface area contributed by atoms with Crippen molar-refractivity contribution in [3.05, 3.63) is 48.0 Å². The molecule has 0 aliphatic rings. The van der Waals surface area contributed by atoms with E-state index in [9.17, 15) is 9.90 Å². The molecule has 0 aliphatic carbocycles. The van der Waals surface area contributed by atoms with Crippen molar-refractivity contribution >= 4 is 17.4 Å². The zero-order chi connectivity index (χ0) is 14.5. The Morgan fingerprint density at radius 2 is 1.80 bits per heavy atom. The molecule has 0 aliphatic heterocycles. The van der Waals surface area contributed by atoms with Crippen molar-refractivity contribution in [1.29, 1.82) is 0 Å². The summed E-state index contributed by atoms with van der Waals surface area (Å²) < 4.78 is 5.14. The number of phenols is 1. The summed E-state index contributed by atoms with van der Waals surface area (Å²) in [5.74, 6) is 0.593. The van der Waals surface area contributed by atoms with E-state index in [2.05, 4.69) is 10.6 Å². The molecule has 0 aromatic heterocycles. The highest BCUT2D eigenvalue weighted by Crippen LogP contribution is 2.26. The first-order chi connectivity index (χ1) is 9.60. The molecule has 2 aromatic carbocycles. The van der Waals surface area contributed by atoms with E-state index in [1.807, 2.05) is 13.0 Å². The van der Waals surface area contributed by atoms with Crippen LogP contribution >= 0.6 is 0 Å². The number of phenolic OH excluding ortho intramolecular Hbond substituents is 1. The van der Waals surface area contributed by atoms with E-state index in [-0.39, 0.29) is 5.75 Å². The molecule has 0 atom stereocenters. The highest BCUT2D eigenvalue weighted by atomic mass is 16.5. The van der Waals surface area contributed by atoms with Crippen LogP contribution in [0, 0.1) is 6.92 Å². The molecular weight excluding hydrogens is 256 g/mol. The standard InChI is InChI=1S/C15H16N2O3/c1-10-7-8-11(13(18)9-10)16-15(19)17-12-5-3-4-6-14(12)20-2/h3-9,18H,1-2H3,(H2,16,17,19). The third kappa shape index (κ3) is 3.20. The number of nitrogens with one attached hydrogen (secondary N) is 2. The first-order valence-corrected chi connectivity index (χ1v) is 6.11. The van der Waals surface area contributed by atoms with Gasteiger partial charge in [-0.15, -0.1) is 0 Å². The lowest BCUT2D eigenvalue weighted by Crippen LogP contribution is -2.19. The molecule has 5 nitrogen and oxygen atoms in total. The Morgan fingerprint density at radius 3 is 2.50 bits per heavy atom. The van der Waals surface area contributed by atoms with Crippen molar-refractivity contribution in [2.75, 3.05) is 17.7 Å². The number of aryl methyl sites for hydroxylation is 1. The first-order valence-electron chi connectivity index (χ1n) is 6.11. The monoisotopic (exact) mass is 272 g/mol. The Bertz CT molecular complexity index is 626. The van der Waals surface area contributed by atoms with Crippen molar-refractivity contribution < 1.29 is 14.6 Å². The molecule has 2 rings (SSSR count). The molecule has 20 heavy (non-hydrogen) atoms. The molecule has 0 saturated carbocycles. The van der Waals surface area contributed by atoms with Crippen LogP contribution in [0.4, 0.5) is 16.2 Å². The molecule has 0 spiro atoms. The summed E-state index contributed by atoms with van der Waals surface area (Å²) in [4.78, 5) is 11.9. The number of rotatable bonds is 3. The number of anilines is 2. The molecule has 2 amide bonds. The van der Waals surface area contributed by atoms with Gasteiger partial charge in [0.1, 0.15) is 11.5 Å². The molecule has 0 saturated heterocycles. The van der Waals surface area contributed by atoms with Gasteiger partial charge >= 0.3 is 6.03 Å². The lowest BCUT2D eigenvalue weighted by Gasteiger charge is -2.11. The van der Waals surface area contributed by atoms with E-state index in [1.54, 1.807) is 36.4 Å². The number of para-hydroxylation sites is 2. The van der Waals surface area contributed by atoms with Gasteiger partial charge in [-0.2, -0.15) is 0 Å². The Labute approximate surface area is 117 Å². The number of hydrogen-bond donors (Lipinski definition) is 3. The number of benzene rings is 2. The molecular formula is C15H16N2O3. The van der Waals surface area contributed by atoms with Crippen LogP contribution in [0.25, 0.3) is 0 Å². The zero-order valence-corrected chi connectivity index (χ0v) is 11.3. The van der Waals surface area contributed by atoms with Crippen LogP contribution in [0.2, 0.25) is 0 Å². The summed E-state index contributed by atoms with van der Waals surface area (Å²) in [5.41, 5.74) is 1.82. The maximum absolute atomic E-state index is 11.9. The van der Waals surface area contributed by atoms with Gasteiger partial charge in [0.05, 0.1) is 18.5 Å². The van der Waals surface area contributed by atoms with Crippen LogP contribution in [-0.4, -0.2) is 18.2 Å². The van der Waals surface area contributed by atoms with E-state index >= 15 is 0 Å². The molecule has 0 bridgehead atoms. The van der Waals surface area contributed by atoms with Gasteiger partial charge in [-0.05, 0) is 36.8 Å². The zero-order valence-electron chi connectivity index (χ0n) is 11.3. The Balaban J connectivity index is 2.09. The van der Waals surface area contributed by atoms with E-state index < -0.39 is 6.03 Å². The maximum atomic E-state index is 11.9. The smallest absolute Gasteiger partial charge is 0.323 e. The van der Waals surface area contributed by atoms with Gasteiger partial charge in [0, 0.05) is 0 Å². The second-order valence-corrected chi connectivity index (χ2v) is 4.30. The molecule has 104 valence electrons. The lowest BCUT2D eigenvalue weighted by atomic mass is 10.2. The predicted octanol–water partition coefficient (Wildman–Crippen LogP) is 3.35. The van der Waals surface area contributed by atoms with E-state index in [0.717, 1.165) is 5.56 Å². The second kappa shape index (κ2) is 5.97. The summed E-state index contributed by atoms with van der Waals surface area (Å²) in [6, 6.07) is 11.7. The molecule has 5 heteroatoms. The molecule has 2 aromatic rings. The average molecular weight is 272 g/mol. The Hall–Kier alpha value is -2.69. The van der Waals surface area contributed by atoms with Crippen molar-refractivity contribution in [1.82, 2.24) is 0 Å². The third-order valence-corrected chi connectivity index (χ3v) is 2.76. The number of aromatic hydroxyl groups is 1. The Morgan fingerprint density at radius 1 is 1.10 bits per heavy atom. The summed E-state index contributed by atoms with van der Waals surface area (Å²) >= 11 is 0. The molecule has 0 fully saturated rings. The number of ether oxygens (including phenoxy) is 1. The summed E-state index contributed by atoms with van der Waals surface area (Å²) in [6.45, 7) is 1.86. The minimum absolute atomic E-state index is 0.0279. The summed E-state index contributed by atoms with van der Waals surface area (Å²) in [5, 5.41) is 15.0. The van der Waals surface area contributed by atoms with E-state index in [1.165, 1.54) is 7.11 Å². The van der Waals surface area contributed by atoms with Gasteiger partial charge in [0.25, 0.3) is 0 Å². The molecule has 0 radical (unpaired) electrons. The minimum atomic E-state index is -0.450. The fraction of sp³-hybridized carbons (Fsp3) is 0.133. The van der Waals surface area contributed by atoms with Crippen molar-refractivity contribution in [3.63, 3.8) is 0 Å². The number of hydrogen-bond acceptors (Lipinski definition) is 3. The van der Waals surface area contributed by atoms with Gasteiger partial charge in [0.15, 0.2) is 0 Å². The first kappa shape index (κ1) is 13.7. The predicted molar refractivity (Wildman–Crippen MR) is 78.5 cm³/mol. The quantitative estimate of drug-likeness (QED) is 0.750. The Kier molecular flexibility index (Phi) is 4.10. The van der Waals surface area contributed by atoms with Gasteiger partial charge < -0.3 is 20.5 Å². The van der Waals surface area contributed by atoms with E-state index in [4.69, 9.17) is 4.74 Å². The molecule has 3 N–H and O–H groups in total. The van der Waals surface area contributed by atoms with Crippen LogP contribution in [0.1, 0.15) is 5.56 Å². The highest BCUT2D eigenvalue weighted by Gasteiger charge is 2.09. The SMILES string of the molecule is COc1ccccc1NC(=O)Nc1ccc(C)cc1O. The van der Waals surface area contributed by atoms with Crippen LogP contribution in [-0.2, 0) is 0 Å². The van der Waals surface area contributed by atoms with Crippen molar-refractivity contribution in [2.24, 2.45) is 0 Å². The topological polar surface area (TPSA) is 70.6 Å². The molecule has 0 unspecified atom stereocenters. The fourth-order valence-corrected chi connectivity index (χ4v) is 1.77. The number of carbonyl (C=O) groups excluding carboxylic acids is 1. The number of carbonyl (C=O) groups is 1. The van der Waals surface area contributed by atoms with Gasteiger partial charge in [-0.1, -0.05) is 18.2 Å². The van der Waals surface area contributed by atoms with E-state index in [0.29, 0.717) is 17.1 Å². The summed E-state index contributed by atoms with van der Waals surface area (Å²) in [7, 11) is 1.53. The van der Waals surface area contributed by atoms with Gasteiger partial charge in [0.2, 0.25) is 0 Å². The van der Waals surface area contributed by atoms with Crippen LogP contribution in [0.5, 0.6) is 11.5 Å². The lowest BCUT2D eigenvalue weighted by molar-refractivity contribution is 0.262. The average Bonchev–Trinajstić information content (AvgIpc) is 2.42. The highest BCUT2D eigenvalue weighted by molar-refractivity contribution is 6.01. The summed E-state index contributed by atoms with van der Waals surface area (Å²) in [6.07, 6.45) is 0. The normalized spacial score (nSPS) is 9.90. The largest absolute Gasteiger partial charge is 0.506 e. The number of methoxy groups -OCH3 is 1. The minimum Gasteiger partial charge on any atom is -0.506 e. The number of amides is 2. The molecule has 0 heterocycles.